The molecule has 3 heterocycles. The molecule has 0 atom stereocenters. The molecule has 1 aliphatic heterocycles. The highest BCUT2D eigenvalue weighted by Gasteiger charge is 2.25. The van der Waals surface area contributed by atoms with Gasteiger partial charge in [-0.1, -0.05) is 0 Å². The largest absolute Gasteiger partial charge is 0.449 e. The molecule has 0 radical (unpaired) electrons. The molecule has 0 unspecified atom stereocenters. The highest BCUT2D eigenvalue weighted by Crippen LogP contribution is 2.24. The van der Waals surface area contributed by atoms with E-state index in [9.17, 15) is 4.79 Å². The Kier molecular flexibility index (Phi) is 8.00. The van der Waals surface area contributed by atoms with Crippen LogP contribution in [0.5, 0.6) is 0 Å². The molecule has 1 saturated heterocycles. The summed E-state index contributed by atoms with van der Waals surface area (Å²) < 4.78 is 5.67. The van der Waals surface area contributed by atoms with E-state index in [-0.39, 0.29) is 30.7 Å². The van der Waals surface area contributed by atoms with Crippen LogP contribution in [0.25, 0.3) is 11.1 Å². The molecule has 0 aromatic carbocycles. The summed E-state index contributed by atoms with van der Waals surface area (Å²) in [5.41, 5.74) is 2.36. The van der Waals surface area contributed by atoms with Gasteiger partial charge in [-0.2, -0.15) is 0 Å². The standard InChI is InChI=1S/C17H23N3O2.2ClH/c1-12-3-4-15-14(19-12)11-16(22-15)17(21)20-9-6-13(7-10-20)5-8-18-2;;/h3-4,11,13,18H,5-10H2,1-2H3;2*1H. The molecule has 24 heavy (non-hydrogen) atoms. The van der Waals surface area contributed by atoms with E-state index < -0.39 is 0 Å². The lowest BCUT2D eigenvalue weighted by Gasteiger charge is -2.31. The lowest BCUT2D eigenvalue weighted by Crippen LogP contribution is -2.38. The van der Waals surface area contributed by atoms with Crippen LogP contribution in [-0.4, -0.2) is 42.5 Å². The van der Waals surface area contributed by atoms with Gasteiger partial charge in [0.05, 0.1) is 0 Å². The van der Waals surface area contributed by atoms with E-state index in [2.05, 4.69) is 10.3 Å². The zero-order valence-corrected chi connectivity index (χ0v) is 15.7. The maximum Gasteiger partial charge on any atom is 0.289 e. The number of aromatic nitrogens is 1. The quantitative estimate of drug-likeness (QED) is 0.891. The van der Waals surface area contributed by atoms with Crippen molar-refractivity contribution in [3.63, 3.8) is 0 Å². The Morgan fingerprint density at radius 1 is 1.33 bits per heavy atom. The van der Waals surface area contributed by atoms with E-state index in [0.29, 0.717) is 11.3 Å². The molecule has 1 amide bonds. The second kappa shape index (κ2) is 9.25. The summed E-state index contributed by atoms with van der Waals surface area (Å²) in [5.74, 6) is 1.11. The number of nitrogens with one attached hydrogen (secondary N) is 1. The summed E-state index contributed by atoms with van der Waals surface area (Å²) in [6.45, 7) is 4.62. The van der Waals surface area contributed by atoms with Crippen LogP contribution in [0.1, 0.15) is 35.5 Å². The predicted molar refractivity (Wildman–Crippen MR) is 100 cm³/mol. The average molecular weight is 374 g/mol. The fourth-order valence-electron chi connectivity index (χ4n) is 3.06. The normalized spacial score (nSPS) is 15.0. The lowest BCUT2D eigenvalue weighted by atomic mass is 9.93. The predicted octanol–water partition coefficient (Wildman–Crippen LogP) is 3.44. The number of furan rings is 1. The minimum Gasteiger partial charge on any atom is -0.449 e. The smallest absolute Gasteiger partial charge is 0.289 e. The first-order chi connectivity index (χ1) is 10.7. The molecule has 2 aromatic heterocycles. The van der Waals surface area contributed by atoms with E-state index >= 15 is 0 Å². The first-order valence-electron chi connectivity index (χ1n) is 7.98. The number of aryl methyl sites for hydroxylation is 1. The van der Waals surface area contributed by atoms with Gasteiger partial charge in [0.1, 0.15) is 5.52 Å². The number of hydrogen-bond acceptors (Lipinski definition) is 4. The van der Waals surface area contributed by atoms with Gasteiger partial charge in [0.25, 0.3) is 5.91 Å². The van der Waals surface area contributed by atoms with E-state index in [1.54, 1.807) is 6.07 Å². The summed E-state index contributed by atoms with van der Waals surface area (Å²) in [4.78, 5) is 18.9. The minimum absolute atomic E-state index is 0. The maximum absolute atomic E-state index is 12.6. The van der Waals surface area contributed by atoms with Crippen molar-refractivity contribution in [2.45, 2.75) is 26.2 Å². The van der Waals surface area contributed by atoms with Gasteiger partial charge in [0.2, 0.25) is 0 Å². The Hall–Kier alpha value is -1.30. The molecule has 0 bridgehead atoms. The van der Waals surface area contributed by atoms with Gasteiger partial charge in [0.15, 0.2) is 11.3 Å². The zero-order chi connectivity index (χ0) is 15.5. The summed E-state index contributed by atoms with van der Waals surface area (Å²) in [6, 6.07) is 5.53. The van der Waals surface area contributed by atoms with Gasteiger partial charge in [-0.05, 0) is 57.8 Å². The van der Waals surface area contributed by atoms with Crippen LogP contribution in [0, 0.1) is 12.8 Å². The topological polar surface area (TPSA) is 58.4 Å². The Bertz CT molecular complexity index is 667. The number of amides is 1. The molecule has 0 saturated carbocycles. The Balaban J connectivity index is 0.00000144. The number of piperidine rings is 1. The number of likely N-dealkylation sites (tertiary alicyclic amines) is 1. The molecule has 1 N–H and O–H groups in total. The van der Waals surface area contributed by atoms with E-state index in [1.165, 1.54) is 6.42 Å². The summed E-state index contributed by atoms with van der Waals surface area (Å²) in [6.07, 6.45) is 3.34. The molecule has 1 fully saturated rings. The fraction of sp³-hybridized carbons (Fsp3) is 0.529. The molecule has 2 aromatic rings. The molecular formula is C17H25Cl2N3O2. The van der Waals surface area contributed by atoms with Crippen LogP contribution < -0.4 is 5.32 Å². The highest BCUT2D eigenvalue weighted by atomic mass is 35.5. The number of rotatable bonds is 4. The van der Waals surface area contributed by atoms with Gasteiger partial charge in [-0.15, -0.1) is 24.8 Å². The summed E-state index contributed by atoms with van der Waals surface area (Å²) in [5, 5.41) is 3.19. The van der Waals surface area contributed by atoms with Crippen molar-refractivity contribution in [2.24, 2.45) is 5.92 Å². The third kappa shape index (κ3) is 4.62. The van der Waals surface area contributed by atoms with E-state index in [0.717, 1.165) is 49.6 Å². The molecule has 134 valence electrons. The van der Waals surface area contributed by atoms with Crippen molar-refractivity contribution in [3.8, 4) is 0 Å². The molecule has 3 rings (SSSR count). The monoisotopic (exact) mass is 373 g/mol. The number of carbonyl (C=O) groups excluding carboxylic acids is 1. The number of fused-ring (bicyclic) bond motifs is 1. The van der Waals surface area contributed by atoms with Crippen molar-refractivity contribution in [3.05, 3.63) is 29.7 Å². The van der Waals surface area contributed by atoms with Crippen LogP contribution in [0.15, 0.2) is 22.6 Å². The van der Waals surface area contributed by atoms with Gasteiger partial charge in [0, 0.05) is 24.8 Å². The van der Waals surface area contributed by atoms with Gasteiger partial charge >= 0.3 is 0 Å². The SMILES string of the molecule is CNCCC1CCN(C(=O)c2cc3nc(C)ccc3o2)CC1.Cl.Cl. The maximum atomic E-state index is 12.6. The van der Waals surface area contributed by atoms with Gasteiger partial charge in [-0.3, -0.25) is 4.79 Å². The van der Waals surface area contributed by atoms with Crippen molar-refractivity contribution in [1.29, 1.82) is 0 Å². The summed E-state index contributed by atoms with van der Waals surface area (Å²) >= 11 is 0. The van der Waals surface area contributed by atoms with Crippen LogP contribution in [0.2, 0.25) is 0 Å². The van der Waals surface area contributed by atoms with Gasteiger partial charge < -0.3 is 14.6 Å². The molecule has 7 heteroatoms. The third-order valence-corrected chi connectivity index (χ3v) is 4.43. The summed E-state index contributed by atoms with van der Waals surface area (Å²) in [7, 11) is 1.98. The average Bonchev–Trinajstić information content (AvgIpc) is 2.95. The minimum atomic E-state index is -0.0114. The van der Waals surface area contributed by atoms with Crippen molar-refractivity contribution >= 4 is 41.8 Å². The number of carbonyl (C=O) groups is 1. The Morgan fingerprint density at radius 3 is 2.71 bits per heavy atom. The molecule has 0 spiro atoms. The van der Waals surface area contributed by atoms with Crippen LogP contribution >= 0.6 is 24.8 Å². The van der Waals surface area contributed by atoms with Gasteiger partial charge in [-0.25, -0.2) is 4.98 Å². The first kappa shape index (κ1) is 20.7. The number of pyridine rings is 1. The first-order valence-corrected chi connectivity index (χ1v) is 7.98. The number of nitrogens with zero attached hydrogens (tertiary/aromatic N) is 2. The third-order valence-electron chi connectivity index (χ3n) is 4.43. The second-order valence-corrected chi connectivity index (χ2v) is 6.07. The Morgan fingerprint density at radius 2 is 2.04 bits per heavy atom. The van der Waals surface area contributed by atoms with Crippen LogP contribution in [0.4, 0.5) is 0 Å². The fourth-order valence-corrected chi connectivity index (χ4v) is 3.06. The van der Waals surface area contributed by atoms with Crippen LogP contribution in [0.3, 0.4) is 0 Å². The zero-order valence-electron chi connectivity index (χ0n) is 14.1. The highest BCUT2D eigenvalue weighted by molar-refractivity contribution is 5.95. The molecular weight excluding hydrogens is 349 g/mol. The molecule has 1 aliphatic rings. The second-order valence-electron chi connectivity index (χ2n) is 6.07. The van der Waals surface area contributed by atoms with E-state index in [1.807, 2.05) is 31.0 Å². The number of hydrogen-bond donors (Lipinski definition) is 1. The van der Waals surface area contributed by atoms with E-state index in [4.69, 9.17) is 4.42 Å². The number of halogens is 2. The molecule has 5 nitrogen and oxygen atoms in total. The lowest BCUT2D eigenvalue weighted by molar-refractivity contribution is 0.0657. The van der Waals surface area contributed by atoms with Crippen molar-refractivity contribution in [2.75, 3.05) is 26.7 Å². The van der Waals surface area contributed by atoms with Crippen LogP contribution in [-0.2, 0) is 0 Å². The molecule has 0 aliphatic carbocycles. The van der Waals surface area contributed by atoms with Crippen molar-refractivity contribution < 1.29 is 9.21 Å². The Labute approximate surface area is 155 Å². The van der Waals surface area contributed by atoms with Crippen molar-refractivity contribution in [1.82, 2.24) is 15.2 Å².